The summed E-state index contributed by atoms with van der Waals surface area (Å²) < 4.78 is 48.7. The summed E-state index contributed by atoms with van der Waals surface area (Å²) in [7, 11) is 1.68. The van der Waals surface area contributed by atoms with E-state index in [4.69, 9.17) is 9.72 Å². The first kappa shape index (κ1) is 29.5. The Labute approximate surface area is 237 Å². The fourth-order valence-corrected chi connectivity index (χ4v) is 6.42. The summed E-state index contributed by atoms with van der Waals surface area (Å²) in [4.78, 5) is 27.0. The molecule has 2 aliphatic heterocycles. The van der Waals surface area contributed by atoms with E-state index in [1.807, 2.05) is 11.5 Å². The number of halogens is 3. The number of fused-ring (bicyclic) bond motifs is 1. The highest BCUT2D eigenvalue weighted by Crippen LogP contribution is 2.36. The van der Waals surface area contributed by atoms with Crippen LogP contribution < -0.4 is 10.6 Å². The minimum absolute atomic E-state index is 0.0328. The first-order valence-electron chi connectivity index (χ1n) is 14.4. The van der Waals surface area contributed by atoms with Crippen molar-refractivity contribution >= 4 is 17.0 Å². The number of benzene rings is 1. The van der Waals surface area contributed by atoms with Gasteiger partial charge in [-0.2, -0.15) is 18.2 Å². The number of nitrogens with zero attached hydrogens (tertiary/aromatic N) is 6. The third-order valence-corrected chi connectivity index (χ3v) is 8.72. The number of aryl methyl sites for hydroxylation is 2. The quantitative estimate of drug-likeness (QED) is 0.454. The number of piperazine rings is 1. The van der Waals surface area contributed by atoms with Crippen molar-refractivity contribution in [3.63, 3.8) is 0 Å². The molecule has 0 bridgehead atoms. The van der Waals surface area contributed by atoms with Crippen molar-refractivity contribution in [2.24, 2.45) is 7.05 Å². The van der Waals surface area contributed by atoms with E-state index in [0.717, 1.165) is 30.5 Å². The lowest BCUT2D eigenvalue weighted by atomic mass is 9.95. The van der Waals surface area contributed by atoms with Gasteiger partial charge in [-0.25, -0.2) is 9.78 Å². The number of aliphatic hydroxyl groups excluding tert-OH is 1. The van der Waals surface area contributed by atoms with Gasteiger partial charge in [0, 0.05) is 44.9 Å². The molecule has 0 amide bonds. The molecule has 3 aromatic rings. The minimum Gasteiger partial charge on any atom is -0.390 e. The molecule has 5 atom stereocenters. The van der Waals surface area contributed by atoms with Crippen LogP contribution in [0.4, 0.5) is 19.0 Å². The second kappa shape index (κ2) is 11.4. The van der Waals surface area contributed by atoms with Crippen LogP contribution in [-0.4, -0.2) is 73.1 Å². The zero-order chi connectivity index (χ0) is 29.6. The lowest BCUT2D eigenvalue weighted by Crippen LogP contribution is -2.58. The Morgan fingerprint density at radius 1 is 1.15 bits per heavy atom. The van der Waals surface area contributed by atoms with Gasteiger partial charge in [-0.05, 0) is 50.8 Å². The average molecular weight is 577 g/mol. The van der Waals surface area contributed by atoms with Crippen LogP contribution in [0.1, 0.15) is 63.0 Å². The zero-order valence-corrected chi connectivity index (χ0v) is 24.2. The molecule has 224 valence electrons. The molecule has 0 aliphatic carbocycles. The van der Waals surface area contributed by atoms with Crippen molar-refractivity contribution < 1.29 is 23.0 Å². The van der Waals surface area contributed by atoms with Gasteiger partial charge < -0.3 is 19.3 Å². The molecule has 12 heteroatoms. The first-order valence-corrected chi connectivity index (χ1v) is 14.4. The molecule has 2 fully saturated rings. The molecule has 2 saturated heterocycles. The molecular weight excluding hydrogens is 537 g/mol. The number of imidazole rings is 1. The first-order chi connectivity index (χ1) is 19.4. The highest BCUT2D eigenvalue weighted by atomic mass is 19.4. The van der Waals surface area contributed by atoms with Crippen LogP contribution >= 0.6 is 0 Å². The van der Waals surface area contributed by atoms with E-state index < -0.39 is 17.8 Å². The van der Waals surface area contributed by atoms with Gasteiger partial charge in [-0.3, -0.25) is 9.47 Å². The van der Waals surface area contributed by atoms with Gasteiger partial charge in [0.25, 0.3) is 0 Å². The van der Waals surface area contributed by atoms with Crippen LogP contribution in [0.5, 0.6) is 0 Å². The standard InChI is InChI=1S/C29H39F3N6O3/c1-6-21-15-36(17(3)14-38(21)22(7-2)19-8-10-20(11-9-19)29(30,31)32)26-25-27(35(5)28(40)34-26)37(18(4)33-25)16-24-23(39)12-13-41-24/h8-11,17,21-24,39H,6-7,12-16H2,1-5H3/t17-,21+,22+,23+,24+/m0/s1. The summed E-state index contributed by atoms with van der Waals surface area (Å²) in [5, 5.41) is 10.3. The zero-order valence-electron chi connectivity index (χ0n) is 24.2. The summed E-state index contributed by atoms with van der Waals surface area (Å²) in [6, 6.07) is 5.52. The van der Waals surface area contributed by atoms with Crippen LogP contribution in [-0.2, 0) is 24.5 Å². The fourth-order valence-electron chi connectivity index (χ4n) is 6.42. The molecule has 5 rings (SSSR count). The molecular formula is C29H39F3N6O3. The number of aliphatic hydroxyl groups is 1. The smallest absolute Gasteiger partial charge is 0.390 e. The third kappa shape index (κ3) is 5.49. The van der Waals surface area contributed by atoms with Crippen molar-refractivity contribution in [1.29, 1.82) is 0 Å². The molecule has 9 nitrogen and oxygen atoms in total. The summed E-state index contributed by atoms with van der Waals surface area (Å²) >= 11 is 0. The average Bonchev–Trinajstić information content (AvgIpc) is 3.49. The Morgan fingerprint density at radius 2 is 1.85 bits per heavy atom. The molecule has 0 radical (unpaired) electrons. The van der Waals surface area contributed by atoms with E-state index in [-0.39, 0.29) is 29.9 Å². The van der Waals surface area contributed by atoms with Crippen LogP contribution in [0.15, 0.2) is 29.1 Å². The number of rotatable bonds is 7. The summed E-state index contributed by atoms with van der Waals surface area (Å²) in [6.07, 6.45) is -3.17. The number of ether oxygens (including phenoxy) is 1. The topological polar surface area (TPSA) is 88.7 Å². The number of hydrogen-bond donors (Lipinski definition) is 1. The molecule has 2 aliphatic rings. The van der Waals surface area contributed by atoms with Crippen molar-refractivity contribution in [3.8, 4) is 0 Å². The van der Waals surface area contributed by atoms with E-state index in [1.54, 1.807) is 19.2 Å². The largest absolute Gasteiger partial charge is 0.416 e. The Hall–Kier alpha value is -2.96. The van der Waals surface area contributed by atoms with Crippen LogP contribution in [0.25, 0.3) is 11.2 Å². The monoisotopic (exact) mass is 576 g/mol. The Bertz CT molecular complexity index is 1440. The van der Waals surface area contributed by atoms with E-state index in [0.29, 0.717) is 55.5 Å². The predicted molar refractivity (Wildman–Crippen MR) is 150 cm³/mol. The second-order valence-corrected chi connectivity index (χ2v) is 11.3. The SMILES string of the molecule is CC[C@@H]1CN(c2nc(=O)n(C)c3c2nc(C)n3C[C@H]2OCC[C@H]2O)[C@@H](C)CN1[C@H](CC)c1ccc(C(F)(F)F)cc1. The van der Waals surface area contributed by atoms with Crippen LogP contribution in [0, 0.1) is 6.92 Å². The van der Waals surface area contributed by atoms with Crippen molar-refractivity contribution in [1.82, 2.24) is 24.0 Å². The number of hydrogen-bond acceptors (Lipinski definition) is 7. The molecule has 1 N–H and O–H groups in total. The number of anilines is 1. The molecule has 41 heavy (non-hydrogen) atoms. The number of alkyl halides is 3. The molecule has 0 unspecified atom stereocenters. The highest BCUT2D eigenvalue weighted by Gasteiger charge is 2.38. The minimum atomic E-state index is -4.37. The Kier molecular flexibility index (Phi) is 8.19. The van der Waals surface area contributed by atoms with Gasteiger partial charge >= 0.3 is 11.9 Å². The lowest BCUT2D eigenvalue weighted by molar-refractivity contribution is -0.137. The van der Waals surface area contributed by atoms with E-state index >= 15 is 0 Å². The molecule has 2 aromatic heterocycles. The van der Waals surface area contributed by atoms with Crippen LogP contribution in [0.2, 0.25) is 0 Å². The maximum Gasteiger partial charge on any atom is 0.416 e. The Balaban J connectivity index is 1.47. The highest BCUT2D eigenvalue weighted by molar-refractivity contribution is 5.84. The molecule has 0 spiro atoms. The Morgan fingerprint density at radius 3 is 2.44 bits per heavy atom. The van der Waals surface area contributed by atoms with Crippen molar-refractivity contribution in [3.05, 3.63) is 51.7 Å². The normalized spacial score (nSPS) is 24.9. The van der Waals surface area contributed by atoms with E-state index in [1.165, 1.54) is 4.57 Å². The second-order valence-electron chi connectivity index (χ2n) is 11.3. The van der Waals surface area contributed by atoms with E-state index in [9.17, 15) is 23.1 Å². The summed E-state index contributed by atoms with van der Waals surface area (Å²) in [5.41, 5.74) is 1.09. The maximum atomic E-state index is 13.2. The van der Waals surface area contributed by atoms with Crippen molar-refractivity contribution in [2.75, 3.05) is 24.6 Å². The van der Waals surface area contributed by atoms with Gasteiger partial charge in [-0.1, -0.05) is 26.0 Å². The lowest BCUT2D eigenvalue weighted by Gasteiger charge is -2.48. The molecule has 0 saturated carbocycles. The van der Waals surface area contributed by atoms with Gasteiger partial charge in [0.1, 0.15) is 23.1 Å². The fraction of sp³-hybridized carbons (Fsp3) is 0.621. The maximum absolute atomic E-state index is 13.2. The van der Waals surface area contributed by atoms with Crippen LogP contribution in [0.3, 0.4) is 0 Å². The van der Waals surface area contributed by atoms with Gasteiger partial charge in [0.05, 0.1) is 18.2 Å². The van der Waals surface area contributed by atoms with Gasteiger partial charge in [0.2, 0.25) is 0 Å². The van der Waals surface area contributed by atoms with Gasteiger partial charge in [0.15, 0.2) is 5.82 Å². The van der Waals surface area contributed by atoms with Gasteiger partial charge in [-0.15, -0.1) is 0 Å². The number of aromatic nitrogens is 4. The predicted octanol–water partition coefficient (Wildman–Crippen LogP) is 4.05. The summed E-state index contributed by atoms with van der Waals surface area (Å²) in [6.45, 7) is 10.2. The summed E-state index contributed by atoms with van der Waals surface area (Å²) in [5.74, 6) is 1.24. The van der Waals surface area contributed by atoms with E-state index in [2.05, 4.69) is 35.6 Å². The van der Waals surface area contributed by atoms with Crippen molar-refractivity contribution in [2.45, 2.75) is 90.0 Å². The molecule has 4 heterocycles. The molecule has 1 aromatic carbocycles. The third-order valence-electron chi connectivity index (χ3n) is 8.72.